The molecule has 1 atom stereocenters. The molecule has 0 aliphatic rings. The fraction of sp³-hybridized carbons (Fsp3) is 0.462. The number of rotatable bonds is 6. The third kappa shape index (κ3) is 4.33. The smallest absolute Gasteiger partial charge is 0.224 e. The summed E-state index contributed by atoms with van der Waals surface area (Å²) >= 11 is 0. The monoisotopic (exact) mass is 284 g/mol. The number of hydrogen-bond donors (Lipinski definition) is 2. The van der Waals surface area contributed by atoms with Crippen molar-refractivity contribution in [2.24, 2.45) is 11.7 Å². The third-order valence-electron chi connectivity index (χ3n) is 2.81. The number of para-hydroxylation sites is 1. The quantitative estimate of drug-likeness (QED) is 0.826. The summed E-state index contributed by atoms with van der Waals surface area (Å²) in [5.41, 5.74) is 5.79. The van der Waals surface area contributed by atoms with Crippen molar-refractivity contribution in [3.63, 3.8) is 0 Å². The van der Waals surface area contributed by atoms with Gasteiger partial charge in [0.2, 0.25) is 5.91 Å². The van der Waals surface area contributed by atoms with Gasteiger partial charge in [0, 0.05) is 6.42 Å². The summed E-state index contributed by atoms with van der Waals surface area (Å²) in [4.78, 5) is 11.9. The van der Waals surface area contributed by atoms with Crippen LogP contribution in [0, 0.1) is 5.92 Å². The van der Waals surface area contributed by atoms with Crippen LogP contribution in [0.4, 0.5) is 5.69 Å². The first-order chi connectivity index (χ1) is 8.90. The van der Waals surface area contributed by atoms with Crippen LogP contribution in [0.2, 0.25) is 0 Å². The predicted molar refractivity (Wildman–Crippen MR) is 75.6 cm³/mol. The van der Waals surface area contributed by atoms with Crippen LogP contribution in [0.1, 0.15) is 20.3 Å². The molecule has 0 bridgehead atoms. The van der Waals surface area contributed by atoms with Gasteiger partial charge >= 0.3 is 0 Å². The van der Waals surface area contributed by atoms with E-state index in [1.807, 2.05) is 6.92 Å². The molecule has 0 fully saturated rings. The lowest BCUT2D eigenvalue weighted by atomic mass is 10.1. The minimum atomic E-state index is -3.35. The second kappa shape index (κ2) is 6.68. The van der Waals surface area contributed by atoms with Crippen molar-refractivity contribution in [1.82, 2.24) is 0 Å². The molecule has 1 unspecified atom stereocenters. The number of nitrogens with two attached hydrogens (primary N) is 1. The van der Waals surface area contributed by atoms with E-state index >= 15 is 0 Å². The Labute approximate surface area is 114 Å². The molecule has 6 heteroatoms. The fourth-order valence-electron chi connectivity index (χ4n) is 1.60. The van der Waals surface area contributed by atoms with E-state index in [1.165, 1.54) is 6.07 Å². The number of carbonyl (C=O) groups excluding carboxylic acids is 1. The maximum atomic E-state index is 11.9. The van der Waals surface area contributed by atoms with E-state index in [1.54, 1.807) is 25.1 Å². The Morgan fingerprint density at radius 2 is 2.00 bits per heavy atom. The number of hydrogen-bond acceptors (Lipinski definition) is 4. The van der Waals surface area contributed by atoms with Gasteiger partial charge in [-0.3, -0.25) is 4.79 Å². The van der Waals surface area contributed by atoms with Crippen molar-refractivity contribution in [3.8, 4) is 0 Å². The van der Waals surface area contributed by atoms with Crippen molar-refractivity contribution < 1.29 is 13.2 Å². The molecule has 0 radical (unpaired) electrons. The first-order valence-electron chi connectivity index (χ1n) is 6.22. The summed E-state index contributed by atoms with van der Waals surface area (Å²) in [6.07, 6.45) is 0.275. The molecule has 0 saturated carbocycles. The van der Waals surface area contributed by atoms with Crippen molar-refractivity contribution in [2.75, 3.05) is 17.6 Å². The summed E-state index contributed by atoms with van der Waals surface area (Å²) < 4.78 is 23.8. The molecule has 106 valence electrons. The van der Waals surface area contributed by atoms with Gasteiger partial charge in [0.05, 0.1) is 16.3 Å². The van der Waals surface area contributed by atoms with Crippen LogP contribution < -0.4 is 11.1 Å². The Kier molecular flexibility index (Phi) is 5.50. The van der Waals surface area contributed by atoms with E-state index in [9.17, 15) is 13.2 Å². The van der Waals surface area contributed by atoms with Gasteiger partial charge in [-0.15, -0.1) is 0 Å². The number of benzene rings is 1. The summed E-state index contributed by atoms with van der Waals surface area (Å²) in [6.45, 7) is 3.86. The van der Waals surface area contributed by atoms with Crippen molar-refractivity contribution in [1.29, 1.82) is 0 Å². The summed E-state index contributed by atoms with van der Waals surface area (Å²) in [5.74, 6) is -0.161. The van der Waals surface area contributed by atoms with E-state index in [4.69, 9.17) is 5.73 Å². The highest BCUT2D eigenvalue weighted by atomic mass is 32.2. The number of anilines is 1. The van der Waals surface area contributed by atoms with Crippen LogP contribution >= 0.6 is 0 Å². The third-order valence-corrected chi connectivity index (χ3v) is 4.60. The van der Waals surface area contributed by atoms with E-state index in [2.05, 4.69) is 5.32 Å². The molecule has 0 heterocycles. The lowest BCUT2D eigenvalue weighted by Gasteiger charge is -2.12. The van der Waals surface area contributed by atoms with Gasteiger partial charge in [0.1, 0.15) is 0 Å². The van der Waals surface area contributed by atoms with Crippen LogP contribution in [-0.2, 0) is 14.6 Å². The maximum absolute atomic E-state index is 11.9. The summed E-state index contributed by atoms with van der Waals surface area (Å²) in [5, 5.41) is 2.64. The van der Waals surface area contributed by atoms with Crippen LogP contribution in [0.15, 0.2) is 29.2 Å². The van der Waals surface area contributed by atoms with Gasteiger partial charge in [-0.05, 0) is 24.6 Å². The van der Waals surface area contributed by atoms with Crippen molar-refractivity contribution in [2.45, 2.75) is 25.2 Å². The predicted octanol–water partition coefficient (Wildman–Crippen LogP) is 1.40. The summed E-state index contributed by atoms with van der Waals surface area (Å²) in [7, 11) is -3.35. The Balaban J connectivity index is 2.94. The minimum Gasteiger partial charge on any atom is -0.330 e. The van der Waals surface area contributed by atoms with Crippen LogP contribution in [0.25, 0.3) is 0 Å². The zero-order valence-corrected chi connectivity index (χ0v) is 12.0. The highest BCUT2D eigenvalue weighted by molar-refractivity contribution is 7.91. The molecule has 1 aromatic rings. The average molecular weight is 284 g/mol. The van der Waals surface area contributed by atoms with Crippen LogP contribution in [-0.4, -0.2) is 26.6 Å². The van der Waals surface area contributed by atoms with E-state index < -0.39 is 9.84 Å². The van der Waals surface area contributed by atoms with Crippen LogP contribution in [0.3, 0.4) is 0 Å². The van der Waals surface area contributed by atoms with Crippen LogP contribution in [0.5, 0.6) is 0 Å². The lowest BCUT2D eigenvalue weighted by molar-refractivity contribution is -0.116. The number of carbonyl (C=O) groups is 1. The molecule has 1 amide bonds. The molecule has 0 spiro atoms. The Morgan fingerprint density at radius 3 is 2.58 bits per heavy atom. The second-order valence-electron chi connectivity index (χ2n) is 4.49. The SMILES string of the molecule is CCS(=O)(=O)c1ccccc1NC(=O)CC(C)CN. The molecular formula is C13H20N2O3S. The molecule has 1 rings (SSSR count). The lowest BCUT2D eigenvalue weighted by Crippen LogP contribution is -2.21. The molecule has 5 nitrogen and oxygen atoms in total. The molecular weight excluding hydrogens is 264 g/mol. The van der Waals surface area contributed by atoms with Gasteiger partial charge in [-0.1, -0.05) is 26.0 Å². The normalized spacial score (nSPS) is 13.0. The van der Waals surface area contributed by atoms with Gasteiger partial charge in [-0.2, -0.15) is 0 Å². The number of nitrogens with one attached hydrogen (secondary N) is 1. The van der Waals surface area contributed by atoms with Gasteiger partial charge < -0.3 is 11.1 Å². The maximum Gasteiger partial charge on any atom is 0.224 e. The standard InChI is InChI=1S/C13H20N2O3S/c1-3-19(17,18)12-7-5-4-6-11(12)15-13(16)8-10(2)9-14/h4-7,10H,3,8-9,14H2,1-2H3,(H,15,16). The largest absolute Gasteiger partial charge is 0.330 e. The zero-order chi connectivity index (χ0) is 14.5. The average Bonchev–Trinajstić information content (AvgIpc) is 2.38. The number of amides is 1. The molecule has 0 aromatic heterocycles. The van der Waals surface area contributed by atoms with Crippen molar-refractivity contribution in [3.05, 3.63) is 24.3 Å². The highest BCUT2D eigenvalue weighted by Gasteiger charge is 2.17. The Bertz CT molecular complexity index is 541. The first-order valence-corrected chi connectivity index (χ1v) is 7.87. The molecule has 1 aromatic carbocycles. The molecule has 0 aliphatic carbocycles. The Hall–Kier alpha value is -1.40. The van der Waals surface area contributed by atoms with E-state index in [0.717, 1.165) is 0 Å². The molecule has 19 heavy (non-hydrogen) atoms. The molecule has 0 saturated heterocycles. The fourth-order valence-corrected chi connectivity index (χ4v) is 2.65. The zero-order valence-electron chi connectivity index (χ0n) is 11.2. The molecule has 3 N–H and O–H groups in total. The second-order valence-corrected chi connectivity index (χ2v) is 6.74. The van der Waals surface area contributed by atoms with E-state index in [0.29, 0.717) is 12.2 Å². The van der Waals surface area contributed by atoms with Gasteiger partial charge in [0.25, 0.3) is 0 Å². The topological polar surface area (TPSA) is 89.3 Å². The van der Waals surface area contributed by atoms with E-state index in [-0.39, 0.29) is 28.9 Å². The highest BCUT2D eigenvalue weighted by Crippen LogP contribution is 2.22. The van der Waals surface area contributed by atoms with Crippen molar-refractivity contribution >= 4 is 21.4 Å². The molecule has 0 aliphatic heterocycles. The summed E-state index contributed by atoms with van der Waals surface area (Å²) in [6, 6.07) is 6.42. The first kappa shape index (κ1) is 15.7. The Morgan fingerprint density at radius 1 is 1.37 bits per heavy atom. The van der Waals surface area contributed by atoms with Gasteiger partial charge in [-0.25, -0.2) is 8.42 Å². The van der Waals surface area contributed by atoms with Gasteiger partial charge in [0.15, 0.2) is 9.84 Å². The minimum absolute atomic E-state index is 0.000906. The number of sulfone groups is 1.